The van der Waals surface area contributed by atoms with Gasteiger partial charge in [0.1, 0.15) is 5.75 Å². The van der Waals surface area contributed by atoms with Crippen LogP contribution in [0.1, 0.15) is 36.1 Å². The highest BCUT2D eigenvalue weighted by Crippen LogP contribution is 2.46. The Bertz CT molecular complexity index is 831. The molecule has 2 aromatic rings. The van der Waals surface area contributed by atoms with E-state index in [1.165, 1.54) is 0 Å². The van der Waals surface area contributed by atoms with Gasteiger partial charge in [-0.3, -0.25) is 4.90 Å². The van der Waals surface area contributed by atoms with Gasteiger partial charge in [0.2, 0.25) is 0 Å². The molecule has 0 aliphatic carbocycles. The molecule has 2 aliphatic rings. The van der Waals surface area contributed by atoms with Crippen LogP contribution in [0.3, 0.4) is 0 Å². The van der Waals surface area contributed by atoms with Gasteiger partial charge in [0.25, 0.3) is 0 Å². The molecule has 24 heavy (non-hydrogen) atoms. The average molecular weight is 387 g/mol. The van der Waals surface area contributed by atoms with Crippen molar-refractivity contribution in [1.82, 2.24) is 5.32 Å². The number of fused-ring (bicyclic) bond motifs is 4. The first kappa shape index (κ1) is 15.5. The Morgan fingerprint density at radius 2 is 1.92 bits per heavy atom. The van der Waals surface area contributed by atoms with Gasteiger partial charge in [0.15, 0.2) is 5.72 Å². The lowest BCUT2D eigenvalue weighted by Crippen LogP contribution is -2.65. The van der Waals surface area contributed by atoms with Crippen LogP contribution >= 0.6 is 15.9 Å². The van der Waals surface area contributed by atoms with E-state index in [9.17, 15) is 4.79 Å². The van der Waals surface area contributed by atoms with Gasteiger partial charge < -0.3 is 10.1 Å². The van der Waals surface area contributed by atoms with Crippen molar-refractivity contribution in [3.8, 4) is 5.75 Å². The largest absolute Gasteiger partial charge is 0.467 e. The van der Waals surface area contributed by atoms with E-state index >= 15 is 0 Å². The number of halogens is 1. The van der Waals surface area contributed by atoms with E-state index in [1.54, 1.807) is 4.90 Å². The Morgan fingerprint density at radius 1 is 1.21 bits per heavy atom. The Morgan fingerprint density at radius 3 is 2.62 bits per heavy atom. The fourth-order valence-corrected chi connectivity index (χ4v) is 4.19. The molecule has 4 rings (SSSR count). The summed E-state index contributed by atoms with van der Waals surface area (Å²) in [5.74, 6) is 0.825. The molecule has 124 valence electrons. The minimum Gasteiger partial charge on any atom is -0.467 e. The normalized spacial score (nSPS) is 24.9. The molecule has 2 aromatic carbocycles. The summed E-state index contributed by atoms with van der Waals surface area (Å²) in [6.07, 6.45) is 0.704. The molecule has 2 bridgehead atoms. The molecule has 4 nitrogen and oxygen atoms in total. The van der Waals surface area contributed by atoms with Gasteiger partial charge in [-0.1, -0.05) is 22.0 Å². The smallest absolute Gasteiger partial charge is 0.325 e. The van der Waals surface area contributed by atoms with E-state index in [4.69, 9.17) is 4.74 Å². The third kappa shape index (κ3) is 2.38. The van der Waals surface area contributed by atoms with Crippen LogP contribution in [-0.2, 0) is 0 Å². The molecule has 5 heteroatoms. The quantitative estimate of drug-likeness (QED) is 0.761. The molecular formula is C19H19BrN2O2. The monoisotopic (exact) mass is 386 g/mol. The summed E-state index contributed by atoms with van der Waals surface area (Å²) in [5, 5.41) is 3.13. The van der Waals surface area contributed by atoms with E-state index in [0.29, 0.717) is 6.42 Å². The first-order valence-electron chi connectivity index (χ1n) is 8.03. The van der Waals surface area contributed by atoms with Gasteiger partial charge >= 0.3 is 6.03 Å². The Labute approximate surface area is 149 Å². The zero-order valence-electron chi connectivity index (χ0n) is 13.9. The maximum atomic E-state index is 12.9. The number of hydrogen-bond acceptors (Lipinski definition) is 2. The summed E-state index contributed by atoms with van der Waals surface area (Å²) < 4.78 is 7.29. The number of rotatable bonds is 1. The summed E-state index contributed by atoms with van der Waals surface area (Å²) in [4.78, 5) is 14.6. The van der Waals surface area contributed by atoms with Gasteiger partial charge in [-0.15, -0.1) is 0 Å². The van der Waals surface area contributed by atoms with Crippen molar-refractivity contribution in [1.29, 1.82) is 0 Å². The Hall–Kier alpha value is -2.01. The SMILES string of the molecule is Cc1cc(C)cc(N2C(=O)N[C@H]3C[C@@]2(C)Oc2ccc(Br)cc23)c1. The van der Waals surface area contributed by atoms with Crippen LogP contribution in [0.15, 0.2) is 40.9 Å². The summed E-state index contributed by atoms with van der Waals surface area (Å²) in [6, 6.07) is 11.9. The summed E-state index contributed by atoms with van der Waals surface area (Å²) >= 11 is 3.49. The number of carbonyl (C=O) groups excluding carboxylic acids is 1. The lowest BCUT2D eigenvalue weighted by Gasteiger charge is -2.50. The van der Waals surface area contributed by atoms with Crippen molar-refractivity contribution in [3.05, 3.63) is 57.6 Å². The van der Waals surface area contributed by atoms with Gasteiger partial charge in [0.05, 0.1) is 6.04 Å². The highest BCUT2D eigenvalue weighted by molar-refractivity contribution is 9.10. The Kier molecular flexibility index (Phi) is 3.39. The molecule has 0 saturated carbocycles. The van der Waals surface area contributed by atoms with Crippen LogP contribution in [0.2, 0.25) is 0 Å². The zero-order valence-corrected chi connectivity index (χ0v) is 15.5. The van der Waals surface area contributed by atoms with Gasteiger partial charge in [-0.25, -0.2) is 4.79 Å². The molecule has 1 saturated heterocycles. The number of benzene rings is 2. The van der Waals surface area contributed by atoms with E-state index in [0.717, 1.165) is 32.6 Å². The number of aryl methyl sites for hydroxylation is 2. The molecule has 1 N–H and O–H groups in total. The second-order valence-corrected chi connectivity index (χ2v) is 7.76. The summed E-state index contributed by atoms with van der Waals surface area (Å²) in [7, 11) is 0. The third-order valence-corrected chi connectivity index (χ3v) is 5.19. The number of amides is 2. The number of hydrogen-bond donors (Lipinski definition) is 1. The second kappa shape index (κ2) is 5.24. The molecular weight excluding hydrogens is 368 g/mol. The topological polar surface area (TPSA) is 41.6 Å². The predicted octanol–water partition coefficient (Wildman–Crippen LogP) is 4.84. The number of anilines is 1. The van der Waals surface area contributed by atoms with E-state index in [1.807, 2.05) is 51.1 Å². The van der Waals surface area contributed by atoms with Crippen LogP contribution in [0.25, 0.3) is 0 Å². The minimum atomic E-state index is -0.700. The maximum Gasteiger partial charge on any atom is 0.325 e. The van der Waals surface area contributed by atoms with Crippen LogP contribution in [0.5, 0.6) is 5.75 Å². The summed E-state index contributed by atoms with van der Waals surface area (Å²) in [5.41, 5.74) is 3.45. The van der Waals surface area contributed by atoms with Crippen LogP contribution in [0.4, 0.5) is 10.5 Å². The van der Waals surface area contributed by atoms with Crippen molar-refractivity contribution < 1.29 is 9.53 Å². The third-order valence-electron chi connectivity index (χ3n) is 4.70. The van der Waals surface area contributed by atoms with Gasteiger partial charge in [-0.05, 0) is 62.2 Å². The Balaban J connectivity index is 1.82. The fraction of sp³-hybridized carbons (Fsp3) is 0.316. The standard InChI is InChI=1S/C19H19BrN2O2/c1-11-6-12(2)8-14(7-11)22-18(23)21-16-10-19(22,3)24-17-5-4-13(20)9-15(16)17/h4-9,16H,10H2,1-3H3,(H,21,23)/t16-,19+/m0/s1. The zero-order chi connectivity index (χ0) is 17.1. The predicted molar refractivity (Wildman–Crippen MR) is 97.5 cm³/mol. The lowest BCUT2D eigenvalue weighted by molar-refractivity contribution is 0.0378. The fourth-order valence-electron chi connectivity index (χ4n) is 3.82. The number of ether oxygens (including phenoxy) is 1. The molecule has 0 aromatic heterocycles. The highest BCUT2D eigenvalue weighted by Gasteiger charge is 2.49. The minimum absolute atomic E-state index is 0.0362. The van der Waals surface area contributed by atoms with Crippen molar-refractivity contribution >= 4 is 27.6 Å². The number of nitrogens with zero attached hydrogens (tertiary/aromatic N) is 1. The highest BCUT2D eigenvalue weighted by atomic mass is 79.9. The maximum absolute atomic E-state index is 12.9. The van der Waals surface area contributed by atoms with Gasteiger partial charge in [0, 0.05) is 22.1 Å². The molecule has 2 heterocycles. The molecule has 1 fully saturated rings. The van der Waals surface area contributed by atoms with Crippen LogP contribution in [-0.4, -0.2) is 11.8 Å². The molecule has 0 spiro atoms. The average Bonchev–Trinajstić information content (AvgIpc) is 2.46. The number of carbonyl (C=O) groups is 1. The second-order valence-electron chi connectivity index (χ2n) is 6.85. The first-order chi connectivity index (χ1) is 11.4. The van der Waals surface area contributed by atoms with Crippen molar-refractivity contribution in [2.24, 2.45) is 0 Å². The molecule has 0 unspecified atom stereocenters. The van der Waals surface area contributed by atoms with Crippen molar-refractivity contribution in [2.45, 2.75) is 39.0 Å². The van der Waals surface area contributed by atoms with Crippen molar-refractivity contribution in [3.63, 3.8) is 0 Å². The molecule has 2 amide bonds. The van der Waals surface area contributed by atoms with E-state index in [2.05, 4.69) is 27.3 Å². The molecule has 0 radical (unpaired) electrons. The molecule has 2 aliphatic heterocycles. The number of nitrogens with one attached hydrogen (secondary N) is 1. The first-order valence-corrected chi connectivity index (χ1v) is 8.82. The van der Waals surface area contributed by atoms with Crippen LogP contribution in [0, 0.1) is 13.8 Å². The van der Waals surface area contributed by atoms with Crippen molar-refractivity contribution in [2.75, 3.05) is 4.90 Å². The molecule has 2 atom stereocenters. The van der Waals surface area contributed by atoms with Gasteiger partial charge in [-0.2, -0.15) is 0 Å². The van der Waals surface area contributed by atoms with E-state index in [-0.39, 0.29) is 12.1 Å². The van der Waals surface area contributed by atoms with E-state index < -0.39 is 5.72 Å². The summed E-state index contributed by atoms with van der Waals surface area (Å²) in [6.45, 7) is 6.07. The lowest BCUT2D eigenvalue weighted by atomic mass is 9.90. The van der Waals surface area contributed by atoms with Crippen LogP contribution < -0.4 is 15.0 Å². The number of urea groups is 1.